The third kappa shape index (κ3) is 5.65. The summed E-state index contributed by atoms with van der Waals surface area (Å²) in [6.07, 6.45) is 1.42. The molecule has 0 aliphatic heterocycles. The summed E-state index contributed by atoms with van der Waals surface area (Å²) < 4.78 is 0. The first-order valence-electron chi connectivity index (χ1n) is 5.95. The van der Waals surface area contributed by atoms with E-state index in [0.717, 1.165) is 12.2 Å². The zero-order valence-corrected chi connectivity index (χ0v) is 12.3. The fraction of sp³-hybridized carbons (Fsp3) is 0.462. The van der Waals surface area contributed by atoms with Gasteiger partial charge in [0.2, 0.25) is 5.91 Å². The maximum atomic E-state index is 11.7. The van der Waals surface area contributed by atoms with Crippen molar-refractivity contribution in [2.45, 2.75) is 31.9 Å². The van der Waals surface area contributed by atoms with E-state index in [-0.39, 0.29) is 5.91 Å². The lowest BCUT2D eigenvalue weighted by Crippen LogP contribution is -2.11. The predicted octanol–water partition coefficient (Wildman–Crippen LogP) is 3.78. The number of carbonyl (C=O) groups excluding carboxylic acids is 1. The van der Waals surface area contributed by atoms with Crippen LogP contribution in [0.15, 0.2) is 18.2 Å². The number of benzene rings is 1. The molecule has 1 rings (SSSR count). The summed E-state index contributed by atoms with van der Waals surface area (Å²) in [7, 11) is 0. The van der Waals surface area contributed by atoms with Crippen LogP contribution in [-0.4, -0.2) is 16.9 Å². The molecule has 1 aromatic rings. The Morgan fingerprint density at radius 2 is 2.22 bits per heavy atom. The highest BCUT2D eigenvalue weighted by atomic mass is 35.5. The Bertz CT molecular complexity index is 410. The van der Waals surface area contributed by atoms with Gasteiger partial charge in [-0.2, -0.15) is 11.8 Å². The second kappa shape index (κ2) is 7.54. The average Bonchev–Trinajstić information content (AvgIpc) is 2.29. The summed E-state index contributed by atoms with van der Waals surface area (Å²) in [5, 5.41) is 3.93. The maximum absolute atomic E-state index is 11.7. The van der Waals surface area contributed by atoms with Crippen LogP contribution < -0.4 is 11.1 Å². The van der Waals surface area contributed by atoms with E-state index in [1.54, 1.807) is 18.2 Å². The van der Waals surface area contributed by atoms with Crippen molar-refractivity contribution in [2.24, 2.45) is 0 Å². The maximum Gasteiger partial charge on any atom is 0.224 e. The molecule has 0 bridgehead atoms. The first-order chi connectivity index (χ1) is 8.49. The molecule has 3 nitrogen and oxygen atoms in total. The van der Waals surface area contributed by atoms with Crippen LogP contribution in [0.5, 0.6) is 0 Å². The largest absolute Gasteiger partial charge is 0.397 e. The summed E-state index contributed by atoms with van der Waals surface area (Å²) in [5.74, 6) is 1.02. The number of rotatable bonds is 6. The lowest BCUT2D eigenvalue weighted by molar-refractivity contribution is -0.116. The molecule has 1 amide bonds. The molecule has 0 fully saturated rings. The van der Waals surface area contributed by atoms with E-state index >= 15 is 0 Å². The van der Waals surface area contributed by atoms with Crippen molar-refractivity contribution < 1.29 is 4.79 Å². The second-order valence-electron chi connectivity index (χ2n) is 4.31. The van der Waals surface area contributed by atoms with Crippen molar-refractivity contribution >= 4 is 40.6 Å². The van der Waals surface area contributed by atoms with E-state index in [1.165, 1.54) is 0 Å². The van der Waals surface area contributed by atoms with Gasteiger partial charge in [0.05, 0.1) is 10.7 Å². The molecule has 0 unspecified atom stereocenters. The van der Waals surface area contributed by atoms with E-state index < -0.39 is 0 Å². The Hall–Kier alpha value is -0.870. The van der Waals surface area contributed by atoms with Crippen LogP contribution in [0.2, 0.25) is 5.02 Å². The molecule has 0 aliphatic rings. The van der Waals surface area contributed by atoms with Crippen molar-refractivity contribution in [1.82, 2.24) is 0 Å². The molecule has 0 radical (unpaired) electrons. The van der Waals surface area contributed by atoms with Crippen molar-refractivity contribution in [3.63, 3.8) is 0 Å². The lowest BCUT2D eigenvalue weighted by Gasteiger charge is -2.07. The Morgan fingerprint density at radius 1 is 1.50 bits per heavy atom. The molecular formula is C13H19ClN2OS. The molecule has 0 aromatic heterocycles. The van der Waals surface area contributed by atoms with Crippen LogP contribution in [0.25, 0.3) is 0 Å². The Labute approximate surface area is 117 Å². The lowest BCUT2D eigenvalue weighted by atomic mass is 10.2. The normalized spacial score (nSPS) is 10.7. The minimum atomic E-state index is 0.0149. The van der Waals surface area contributed by atoms with Crippen LogP contribution >= 0.6 is 23.4 Å². The number of carbonyl (C=O) groups is 1. The monoisotopic (exact) mass is 286 g/mol. The fourth-order valence-electron chi connectivity index (χ4n) is 1.40. The molecule has 3 N–H and O–H groups in total. The molecule has 0 aliphatic carbocycles. The number of hydrogen-bond donors (Lipinski definition) is 2. The van der Waals surface area contributed by atoms with Crippen LogP contribution in [-0.2, 0) is 4.79 Å². The van der Waals surface area contributed by atoms with Gasteiger partial charge < -0.3 is 11.1 Å². The highest BCUT2D eigenvalue weighted by Crippen LogP contribution is 2.22. The van der Waals surface area contributed by atoms with Crippen LogP contribution in [0, 0.1) is 0 Å². The number of amides is 1. The number of nitrogen functional groups attached to an aromatic ring is 1. The minimum Gasteiger partial charge on any atom is -0.397 e. The van der Waals surface area contributed by atoms with Gasteiger partial charge in [0.25, 0.3) is 0 Å². The van der Waals surface area contributed by atoms with Gasteiger partial charge in [0, 0.05) is 12.1 Å². The Balaban J connectivity index is 2.33. The standard InChI is InChI=1S/C13H19ClN2OS/c1-9(2)18-7-3-4-13(17)16-10-5-6-11(14)12(15)8-10/h5-6,8-9H,3-4,7,15H2,1-2H3,(H,16,17). The number of nitrogens with two attached hydrogens (primary N) is 1. The van der Waals surface area contributed by atoms with E-state index in [2.05, 4.69) is 19.2 Å². The summed E-state index contributed by atoms with van der Waals surface area (Å²) >= 11 is 7.68. The first kappa shape index (κ1) is 15.2. The van der Waals surface area contributed by atoms with Gasteiger partial charge in [-0.25, -0.2) is 0 Å². The van der Waals surface area contributed by atoms with E-state index in [9.17, 15) is 4.79 Å². The van der Waals surface area contributed by atoms with E-state index in [4.69, 9.17) is 17.3 Å². The third-order valence-corrected chi connectivity index (χ3v) is 3.81. The van der Waals surface area contributed by atoms with E-state index in [0.29, 0.717) is 28.1 Å². The summed E-state index contributed by atoms with van der Waals surface area (Å²) in [5.41, 5.74) is 6.83. The number of anilines is 2. The topological polar surface area (TPSA) is 55.1 Å². The highest BCUT2D eigenvalue weighted by Gasteiger charge is 2.04. The molecule has 0 heterocycles. The van der Waals surface area contributed by atoms with Gasteiger partial charge >= 0.3 is 0 Å². The van der Waals surface area contributed by atoms with Crippen LogP contribution in [0.3, 0.4) is 0 Å². The quantitative estimate of drug-likeness (QED) is 0.618. The van der Waals surface area contributed by atoms with Crippen LogP contribution in [0.4, 0.5) is 11.4 Å². The molecule has 5 heteroatoms. The summed E-state index contributed by atoms with van der Waals surface area (Å²) in [6.45, 7) is 4.31. The molecular weight excluding hydrogens is 268 g/mol. The number of thioether (sulfide) groups is 1. The summed E-state index contributed by atoms with van der Waals surface area (Å²) in [6, 6.07) is 5.10. The van der Waals surface area contributed by atoms with E-state index in [1.807, 2.05) is 11.8 Å². The SMILES string of the molecule is CC(C)SCCCC(=O)Nc1ccc(Cl)c(N)c1. The van der Waals surface area contributed by atoms with Crippen LogP contribution in [0.1, 0.15) is 26.7 Å². The van der Waals surface area contributed by atoms with Crippen molar-refractivity contribution in [1.29, 1.82) is 0 Å². The van der Waals surface area contributed by atoms with Gasteiger partial charge in [-0.3, -0.25) is 4.79 Å². The second-order valence-corrected chi connectivity index (χ2v) is 6.40. The van der Waals surface area contributed by atoms with Crippen molar-refractivity contribution in [3.8, 4) is 0 Å². The smallest absolute Gasteiger partial charge is 0.224 e. The Morgan fingerprint density at radius 3 is 2.83 bits per heavy atom. The third-order valence-electron chi connectivity index (χ3n) is 2.28. The van der Waals surface area contributed by atoms with Gasteiger partial charge in [0.15, 0.2) is 0 Å². The predicted molar refractivity (Wildman–Crippen MR) is 81.3 cm³/mol. The van der Waals surface area contributed by atoms with Gasteiger partial charge in [-0.05, 0) is 35.6 Å². The van der Waals surface area contributed by atoms with Crippen molar-refractivity contribution in [3.05, 3.63) is 23.2 Å². The van der Waals surface area contributed by atoms with Gasteiger partial charge in [0.1, 0.15) is 0 Å². The number of hydrogen-bond acceptors (Lipinski definition) is 3. The minimum absolute atomic E-state index is 0.0149. The molecule has 100 valence electrons. The highest BCUT2D eigenvalue weighted by molar-refractivity contribution is 7.99. The summed E-state index contributed by atoms with van der Waals surface area (Å²) in [4.78, 5) is 11.7. The molecule has 0 saturated carbocycles. The molecule has 18 heavy (non-hydrogen) atoms. The first-order valence-corrected chi connectivity index (χ1v) is 7.38. The number of nitrogens with one attached hydrogen (secondary N) is 1. The molecule has 0 spiro atoms. The zero-order valence-electron chi connectivity index (χ0n) is 10.7. The Kier molecular flexibility index (Phi) is 6.36. The fourth-order valence-corrected chi connectivity index (χ4v) is 2.30. The molecule has 0 saturated heterocycles. The van der Waals surface area contributed by atoms with Gasteiger partial charge in [-0.15, -0.1) is 0 Å². The van der Waals surface area contributed by atoms with Crippen molar-refractivity contribution in [2.75, 3.05) is 16.8 Å². The van der Waals surface area contributed by atoms with Gasteiger partial charge in [-0.1, -0.05) is 25.4 Å². The molecule has 0 atom stereocenters. The number of halogens is 1. The average molecular weight is 287 g/mol. The zero-order chi connectivity index (χ0) is 13.5. The molecule has 1 aromatic carbocycles.